The number of fused-ring (bicyclic) bond motifs is 2. The second kappa shape index (κ2) is 10.7. The zero-order valence-electron chi connectivity index (χ0n) is 22.9. The van der Waals surface area contributed by atoms with Crippen LogP contribution in [0.4, 0.5) is 22.0 Å². The molecule has 1 fully saturated rings. The number of carbonyl (C=O) groups is 1. The minimum atomic E-state index is -4.90. The van der Waals surface area contributed by atoms with Gasteiger partial charge >= 0.3 is 6.18 Å². The van der Waals surface area contributed by atoms with E-state index in [2.05, 4.69) is 25.4 Å². The molecule has 0 aromatic carbocycles. The summed E-state index contributed by atoms with van der Waals surface area (Å²) < 4.78 is 99.5. The molecule has 4 heterocycles. The monoisotopic (exact) mass is 634 g/mol. The molecule has 11 nitrogen and oxygen atoms in total. The Morgan fingerprint density at radius 1 is 1.16 bits per heavy atom. The Labute approximate surface area is 247 Å². The number of pyridine rings is 2. The number of halogens is 5. The number of carbonyl (C=O) groups excluding carboxylic acids is 1. The molecule has 0 unspecified atom stereocenters. The quantitative estimate of drug-likeness (QED) is 0.171. The largest absolute Gasteiger partial charge is 0.402 e. The van der Waals surface area contributed by atoms with E-state index in [0.29, 0.717) is 21.3 Å². The summed E-state index contributed by atoms with van der Waals surface area (Å²) in [6, 6.07) is 3.24. The van der Waals surface area contributed by atoms with Gasteiger partial charge in [0.2, 0.25) is 16.0 Å². The molecule has 4 aromatic rings. The lowest BCUT2D eigenvalue weighted by atomic mass is 9.61. The van der Waals surface area contributed by atoms with E-state index in [1.54, 1.807) is 6.08 Å². The van der Waals surface area contributed by atoms with E-state index in [0.717, 1.165) is 41.5 Å². The smallest absolute Gasteiger partial charge is 0.291 e. The first-order valence-electron chi connectivity index (χ1n) is 13.3. The first-order valence-corrected chi connectivity index (χ1v) is 14.7. The van der Waals surface area contributed by atoms with Crippen LogP contribution in [0.3, 0.4) is 0 Å². The molecule has 0 bridgehead atoms. The maximum absolute atomic E-state index is 14.2. The number of hydrogen-bond donors (Lipinski definition) is 0. The average molecular weight is 635 g/mol. The molecule has 0 N–H and O–H groups in total. The first-order chi connectivity index (χ1) is 20.8. The molecule has 6 rings (SSSR count). The van der Waals surface area contributed by atoms with E-state index < -0.39 is 56.6 Å². The van der Waals surface area contributed by atoms with Crippen molar-refractivity contribution in [2.75, 3.05) is 6.54 Å². The maximum Gasteiger partial charge on any atom is 0.402 e. The van der Waals surface area contributed by atoms with E-state index in [1.807, 2.05) is 0 Å². The van der Waals surface area contributed by atoms with Gasteiger partial charge in [0.15, 0.2) is 5.78 Å². The number of hydrogen-bond acceptors (Lipinski definition) is 8. The highest BCUT2D eigenvalue weighted by molar-refractivity contribution is 7.89. The number of sulfonamides is 1. The highest BCUT2D eigenvalue weighted by atomic mass is 32.2. The summed E-state index contributed by atoms with van der Waals surface area (Å²) in [5, 5.41) is 12.1. The predicted molar refractivity (Wildman–Crippen MR) is 143 cm³/mol. The Kier molecular flexibility index (Phi) is 7.19. The second-order valence-corrected chi connectivity index (χ2v) is 12.6. The molecule has 17 heteroatoms. The van der Waals surface area contributed by atoms with Crippen LogP contribution in [-0.2, 0) is 23.5 Å². The summed E-state index contributed by atoms with van der Waals surface area (Å²) >= 11 is 0. The van der Waals surface area contributed by atoms with E-state index in [4.69, 9.17) is 0 Å². The van der Waals surface area contributed by atoms with Gasteiger partial charge in [-0.1, -0.05) is 10.8 Å². The lowest BCUT2D eigenvalue weighted by Crippen LogP contribution is -2.52. The van der Waals surface area contributed by atoms with Crippen molar-refractivity contribution < 1.29 is 35.2 Å². The lowest BCUT2D eigenvalue weighted by molar-refractivity contribution is -0.140. The third kappa shape index (κ3) is 5.29. The number of rotatable bonds is 7. The lowest BCUT2D eigenvalue weighted by Gasteiger charge is -2.46. The zero-order valence-corrected chi connectivity index (χ0v) is 23.7. The molecule has 4 aromatic heterocycles. The summed E-state index contributed by atoms with van der Waals surface area (Å²) in [5.74, 6) is -2.15. The summed E-state index contributed by atoms with van der Waals surface area (Å²) in [6.07, 6.45) is 0.535. The van der Waals surface area contributed by atoms with Gasteiger partial charge in [0.25, 0.3) is 0 Å². The number of allylic oxidation sites excluding steroid dienone is 1. The number of Topliss-reactive ketones (excluding diaryl/α,β-unsaturated/α-hetero) is 1. The molecule has 0 aliphatic heterocycles. The number of ketones is 1. The van der Waals surface area contributed by atoms with Crippen molar-refractivity contribution in [1.82, 2.24) is 39.0 Å². The predicted octanol–water partition coefficient (Wildman–Crippen LogP) is 3.68. The Morgan fingerprint density at radius 3 is 2.61 bits per heavy atom. The molecule has 1 saturated carbocycles. The van der Waals surface area contributed by atoms with Crippen molar-refractivity contribution in [3.8, 4) is 5.69 Å². The molecular weight excluding hydrogens is 611 g/mol. The zero-order chi connectivity index (χ0) is 31.4. The molecule has 2 aliphatic carbocycles. The highest BCUT2D eigenvalue weighted by Crippen LogP contribution is 2.51. The Balaban J connectivity index is 1.46. The molecule has 0 saturated heterocycles. The summed E-state index contributed by atoms with van der Waals surface area (Å²) in [4.78, 5) is 21.4. The number of aromatic nitrogens is 7. The summed E-state index contributed by atoms with van der Waals surface area (Å²) in [7, 11) is -3.29. The van der Waals surface area contributed by atoms with Crippen LogP contribution < -0.4 is 0 Å². The number of aryl methyl sites for hydroxylation is 1. The number of nitrogens with zero attached hydrogens (tertiary/aromatic N) is 8. The van der Waals surface area contributed by atoms with Gasteiger partial charge in [-0.05, 0) is 43.5 Å². The van der Waals surface area contributed by atoms with Crippen molar-refractivity contribution in [1.29, 1.82) is 0 Å². The van der Waals surface area contributed by atoms with Gasteiger partial charge in [-0.3, -0.25) is 14.5 Å². The molecule has 0 radical (unpaired) electrons. The molecule has 230 valence electrons. The molecule has 44 heavy (non-hydrogen) atoms. The third-order valence-electron chi connectivity index (χ3n) is 7.88. The van der Waals surface area contributed by atoms with Gasteiger partial charge < -0.3 is 0 Å². The Bertz CT molecular complexity index is 1890. The van der Waals surface area contributed by atoms with Crippen LogP contribution >= 0.6 is 0 Å². The van der Waals surface area contributed by atoms with Crippen molar-refractivity contribution in [2.24, 2.45) is 12.5 Å². The van der Waals surface area contributed by atoms with Gasteiger partial charge in [-0.2, -0.15) is 27.0 Å². The fourth-order valence-electron chi connectivity index (χ4n) is 5.91. The average Bonchev–Trinajstić information content (AvgIpc) is 3.60. The van der Waals surface area contributed by atoms with Gasteiger partial charge in [-0.15, -0.1) is 5.10 Å². The van der Waals surface area contributed by atoms with E-state index in [9.17, 15) is 35.2 Å². The molecule has 2 aliphatic rings. The van der Waals surface area contributed by atoms with Crippen LogP contribution in [-0.4, -0.2) is 72.0 Å². The van der Waals surface area contributed by atoms with Crippen molar-refractivity contribution >= 4 is 21.9 Å². The van der Waals surface area contributed by atoms with Crippen molar-refractivity contribution in [2.45, 2.75) is 42.8 Å². The SMILES string of the molecule is Cn1cc(S(=O)(=O)N(CC(F)(F)F)[C@H]2CCC3=Cc4c(nnn4-c4ccc(F)nc4)C[C@]3(C(=O)c3cc(F)ccn3)C2)cn1. The van der Waals surface area contributed by atoms with Gasteiger partial charge in [0, 0.05) is 38.0 Å². The van der Waals surface area contributed by atoms with Crippen molar-refractivity contribution in [3.05, 3.63) is 83.5 Å². The molecule has 0 spiro atoms. The Hall–Kier alpha value is -4.38. The van der Waals surface area contributed by atoms with Crippen LogP contribution in [0.1, 0.15) is 41.1 Å². The maximum atomic E-state index is 14.2. The van der Waals surface area contributed by atoms with E-state index in [1.165, 1.54) is 24.0 Å². The highest BCUT2D eigenvalue weighted by Gasteiger charge is 2.53. The third-order valence-corrected chi connectivity index (χ3v) is 9.73. The fraction of sp³-hybridized carbons (Fsp3) is 0.333. The Morgan fingerprint density at radius 2 is 1.95 bits per heavy atom. The van der Waals surface area contributed by atoms with E-state index in [-0.39, 0.29) is 37.1 Å². The van der Waals surface area contributed by atoms with Crippen LogP contribution in [0.2, 0.25) is 0 Å². The molecular formula is C27H23F5N8O3S. The van der Waals surface area contributed by atoms with Crippen LogP contribution in [0.25, 0.3) is 11.8 Å². The molecule has 0 amide bonds. The van der Waals surface area contributed by atoms with Crippen LogP contribution in [0.15, 0.2) is 59.5 Å². The van der Waals surface area contributed by atoms with E-state index >= 15 is 0 Å². The van der Waals surface area contributed by atoms with Gasteiger partial charge in [-0.25, -0.2) is 22.5 Å². The van der Waals surface area contributed by atoms with Crippen molar-refractivity contribution in [3.63, 3.8) is 0 Å². The van der Waals surface area contributed by atoms with Crippen LogP contribution in [0, 0.1) is 17.2 Å². The topological polar surface area (TPSA) is 129 Å². The molecule has 2 atom stereocenters. The first kappa shape index (κ1) is 29.7. The summed E-state index contributed by atoms with van der Waals surface area (Å²) in [6.45, 7) is -1.80. The van der Waals surface area contributed by atoms with Gasteiger partial charge in [0.1, 0.15) is 23.0 Å². The van der Waals surface area contributed by atoms with Gasteiger partial charge in [0.05, 0.1) is 34.9 Å². The summed E-state index contributed by atoms with van der Waals surface area (Å²) in [5.41, 5.74) is -0.324. The standard InChI is InChI=1S/C27H23F5N8O3S/c1-38-14-20(13-35-38)44(42,43)39(15-27(30,31)32)18-3-2-16-8-23-22(36-37-40(23)19-4-5-24(29)34-12-19)11-26(16,10-18)25(41)21-9-17(28)6-7-33-21/h4-9,12-14,18H,2-3,10-11,15H2,1H3/t18-,26+/m0/s1. The number of alkyl halides is 3. The minimum absolute atomic E-state index is 0.0227. The van der Waals surface area contributed by atoms with Crippen LogP contribution in [0.5, 0.6) is 0 Å². The fourth-order valence-corrected chi connectivity index (χ4v) is 7.54. The second-order valence-electron chi connectivity index (χ2n) is 10.7. The normalized spacial score (nSPS) is 20.2. The minimum Gasteiger partial charge on any atom is -0.291 e.